The Kier molecular flexibility index (Phi) is 6.35. The van der Waals surface area contributed by atoms with Crippen LogP contribution in [0.2, 0.25) is 0 Å². The number of hydrogen-bond acceptors (Lipinski definition) is 8. The van der Waals surface area contributed by atoms with E-state index in [1.165, 1.54) is 18.5 Å². The number of nitrogens with one attached hydrogen (secondary N) is 1. The van der Waals surface area contributed by atoms with E-state index in [0.29, 0.717) is 6.61 Å². The van der Waals surface area contributed by atoms with Gasteiger partial charge < -0.3 is 19.9 Å². The molecule has 3 rings (SSSR count). The van der Waals surface area contributed by atoms with E-state index in [4.69, 9.17) is 19.9 Å². The van der Waals surface area contributed by atoms with Crippen molar-refractivity contribution in [2.75, 3.05) is 25.1 Å². The first-order valence-electron chi connectivity index (χ1n) is 8.78. The molecule has 0 radical (unpaired) electrons. The molecule has 3 N–H and O–H groups in total. The van der Waals surface area contributed by atoms with E-state index in [9.17, 15) is 18.0 Å². The first kappa shape index (κ1) is 21.3. The van der Waals surface area contributed by atoms with Gasteiger partial charge in [-0.3, -0.25) is 10.3 Å². The first-order chi connectivity index (χ1) is 14.3. The van der Waals surface area contributed by atoms with Gasteiger partial charge in [0.15, 0.2) is 5.54 Å². The minimum Gasteiger partial charge on any atom is -0.477 e. The van der Waals surface area contributed by atoms with Crippen LogP contribution in [0.3, 0.4) is 0 Å². The normalized spacial score (nSPS) is 18.6. The van der Waals surface area contributed by atoms with Crippen molar-refractivity contribution < 1.29 is 32.2 Å². The summed E-state index contributed by atoms with van der Waals surface area (Å²) in [5, 5.41) is 2.31. The summed E-state index contributed by atoms with van der Waals surface area (Å²) in [6, 6.07) is 3.13. The summed E-state index contributed by atoms with van der Waals surface area (Å²) in [7, 11) is 0. The number of halogens is 3. The van der Waals surface area contributed by atoms with Crippen LogP contribution in [0.4, 0.5) is 23.7 Å². The number of amidine groups is 1. The van der Waals surface area contributed by atoms with Crippen LogP contribution in [-0.4, -0.2) is 48.1 Å². The van der Waals surface area contributed by atoms with Crippen molar-refractivity contribution in [3.8, 4) is 11.8 Å². The Labute approximate surface area is 169 Å². The zero-order chi connectivity index (χ0) is 21.7. The van der Waals surface area contributed by atoms with Crippen molar-refractivity contribution in [2.24, 2.45) is 10.7 Å². The van der Waals surface area contributed by atoms with Gasteiger partial charge in [0.25, 0.3) is 6.43 Å². The number of rotatable bonds is 6. The molecule has 0 aliphatic carbocycles. The molecule has 1 aromatic heterocycles. The van der Waals surface area contributed by atoms with Crippen molar-refractivity contribution in [1.82, 2.24) is 9.97 Å². The molecule has 1 aromatic carbocycles. The van der Waals surface area contributed by atoms with Gasteiger partial charge in [-0.25, -0.2) is 27.9 Å². The molecule has 1 amide bonds. The average Bonchev–Trinajstić information content (AvgIpc) is 2.71. The maximum atomic E-state index is 14.4. The highest BCUT2D eigenvalue weighted by Crippen LogP contribution is 2.37. The van der Waals surface area contributed by atoms with E-state index >= 15 is 0 Å². The number of nitrogens with zero attached hydrogens (tertiary/aromatic N) is 3. The van der Waals surface area contributed by atoms with Gasteiger partial charge in [-0.2, -0.15) is 0 Å². The molecule has 0 unspecified atom stereocenters. The number of nitrogens with two attached hydrogens (primary N) is 1. The minimum absolute atomic E-state index is 0.00494. The first-order valence-corrected chi connectivity index (χ1v) is 8.78. The van der Waals surface area contributed by atoms with Crippen molar-refractivity contribution in [2.45, 2.75) is 18.9 Å². The molecule has 9 nitrogen and oxygen atoms in total. The second-order valence-corrected chi connectivity index (χ2v) is 6.16. The Morgan fingerprint density at radius 1 is 1.33 bits per heavy atom. The van der Waals surface area contributed by atoms with Crippen LogP contribution in [0.25, 0.3) is 0 Å². The third-order valence-electron chi connectivity index (χ3n) is 4.05. The van der Waals surface area contributed by atoms with Gasteiger partial charge in [0.2, 0.25) is 11.8 Å². The van der Waals surface area contributed by atoms with E-state index in [2.05, 4.69) is 20.3 Å². The van der Waals surface area contributed by atoms with Gasteiger partial charge in [-0.1, -0.05) is 0 Å². The second kappa shape index (κ2) is 8.95. The molecule has 30 heavy (non-hydrogen) atoms. The van der Waals surface area contributed by atoms with Crippen molar-refractivity contribution in [3.05, 3.63) is 42.0 Å². The number of carbonyl (C=O) groups excluding carboxylic acids is 1. The maximum absolute atomic E-state index is 14.4. The molecule has 1 atom stereocenters. The summed E-state index contributed by atoms with van der Waals surface area (Å²) in [5.74, 6) is -1.01. The van der Waals surface area contributed by atoms with Gasteiger partial charge in [0.1, 0.15) is 18.3 Å². The number of aliphatic imine (C=N–C) groups is 1. The lowest BCUT2D eigenvalue weighted by Crippen LogP contribution is -2.45. The predicted molar refractivity (Wildman–Crippen MR) is 99.4 cm³/mol. The Morgan fingerprint density at radius 3 is 2.70 bits per heavy atom. The fourth-order valence-corrected chi connectivity index (χ4v) is 2.75. The van der Waals surface area contributed by atoms with E-state index in [0.717, 1.165) is 12.1 Å². The van der Waals surface area contributed by atoms with Crippen LogP contribution in [0.5, 0.6) is 11.8 Å². The van der Waals surface area contributed by atoms with Gasteiger partial charge in [0.05, 0.1) is 25.6 Å². The van der Waals surface area contributed by atoms with Crippen molar-refractivity contribution >= 4 is 17.6 Å². The maximum Gasteiger partial charge on any atom is 0.418 e. The van der Waals surface area contributed by atoms with Gasteiger partial charge in [-0.15, -0.1) is 0 Å². The number of hydrogen-bond donors (Lipinski definition) is 2. The van der Waals surface area contributed by atoms with Crippen molar-refractivity contribution in [1.29, 1.82) is 0 Å². The molecule has 0 fully saturated rings. The number of amides is 1. The largest absolute Gasteiger partial charge is 0.477 e. The molecular formula is C18H18F3N5O4. The van der Waals surface area contributed by atoms with E-state index < -0.39 is 36.0 Å². The summed E-state index contributed by atoms with van der Waals surface area (Å²) in [4.78, 5) is 23.6. The quantitative estimate of drug-likeness (QED) is 0.729. The highest BCUT2D eigenvalue weighted by atomic mass is 19.3. The monoisotopic (exact) mass is 425 g/mol. The molecule has 0 spiro atoms. The number of anilines is 1. The summed E-state index contributed by atoms with van der Waals surface area (Å²) >= 11 is 0. The molecule has 1 aliphatic heterocycles. The Morgan fingerprint density at radius 2 is 2.07 bits per heavy atom. The zero-order valence-electron chi connectivity index (χ0n) is 15.8. The number of ether oxygens (including phenoxy) is 3. The Bertz CT molecular complexity index is 942. The molecule has 160 valence electrons. The lowest BCUT2D eigenvalue weighted by Gasteiger charge is -2.33. The molecular weight excluding hydrogens is 407 g/mol. The molecule has 2 aromatic rings. The second-order valence-electron chi connectivity index (χ2n) is 6.16. The fraction of sp³-hybridized carbons (Fsp3) is 0.333. The summed E-state index contributed by atoms with van der Waals surface area (Å²) in [5.41, 5.74) is 2.72. The summed E-state index contributed by atoms with van der Waals surface area (Å²) in [6.45, 7) is 1.46. The van der Waals surface area contributed by atoms with E-state index in [1.54, 1.807) is 6.92 Å². The summed E-state index contributed by atoms with van der Waals surface area (Å²) < 4.78 is 57.2. The minimum atomic E-state index is -3.10. The third-order valence-corrected chi connectivity index (χ3v) is 4.05. The molecule has 0 bridgehead atoms. The third kappa shape index (κ3) is 4.59. The highest BCUT2D eigenvalue weighted by molar-refractivity contribution is 5.86. The van der Waals surface area contributed by atoms with Crippen LogP contribution in [0.1, 0.15) is 12.5 Å². The van der Waals surface area contributed by atoms with E-state index in [1.807, 2.05) is 0 Å². The number of benzene rings is 1. The van der Waals surface area contributed by atoms with Crippen LogP contribution in [0, 0.1) is 5.82 Å². The zero-order valence-corrected chi connectivity index (χ0v) is 15.8. The lowest BCUT2D eigenvalue weighted by atomic mass is 9.90. The molecule has 0 saturated carbocycles. The molecule has 0 saturated heterocycles. The average molecular weight is 425 g/mol. The van der Waals surface area contributed by atoms with Crippen LogP contribution < -0.4 is 20.5 Å². The standard InChI is InChI=1S/C18H18F3N5O4/c1-2-29-14-6-24-15(7-23-14)30-17(27)25-10-3-4-12(19)11(5-10)18(16(20)21)9-28-8-13(22)26-18/h3-7,16H,2,8-9H2,1H3,(H2,22,26)(H,25,27)/t18-/m0/s1. The van der Waals surface area contributed by atoms with Gasteiger partial charge >= 0.3 is 6.09 Å². The Balaban J connectivity index is 1.79. The topological polar surface area (TPSA) is 121 Å². The SMILES string of the molecule is CCOc1cnc(OC(=O)Nc2ccc(F)c([C@]3(C(F)F)COCC(N)=N3)c2)cn1. The van der Waals surface area contributed by atoms with Crippen LogP contribution in [-0.2, 0) is 10.3 Å². The van der Waals surface area contributed by atoms with Crippen LogP contribution in [0.15, 0.2) is 35.6 Å². The summed E-state index contributed by atoms with van der Waals surface area (Å²) in [6.07, 6.45) is -1.66. The fourth-order valence-electron chi connectivity index (χ4n) is 2.75. The molecule has 12 heteroatoms. The van der Waals surface area contributed by atoms with Gasteiger partial charge in [-0.05, 0) is 25.1 Å². The molecule has 2 heterocycles. The van der Waals surface area contributed by atoms with Gasteiger partial charge in [0, 0.05) is 11.3 Å². The Hall–Kier alpha value is -3.41. The predicted octanol–water partition coefficient (Wildman–Crippen LogP) is 2.47. The number of aromatic nitrogens is 2. The smallest absolute Gasteiger partial charge is 0.418 e. The molecule has 1 aliphatic rings. The van der Waals surface area contributed by atoms with E-state index in [-0.39, 0.29) is 29.9 Å². The number of carbonyl (C=O) groups is 1. The lowest BCUT2D eigenvalue weighted by molar-refractivity contribution is -0.0145. The van der Waals surface area contributed by atoms with Crippen LogP contribution >= 0.6 is 0 Å². The highest BCUT2D eigenvalue weighted by Gasteiger charge is 2.46. The number of alkyl halides is 2. The van der Waals surface area contributed by atoms with Crippen molar-refractivity contribution in [3.63, 3.8) is 0 Å².